The van der Waals surface area contributed by atoms with Crippen molar-refractivity contribution in [1.82, 2.24) is 0 Å². The van der Waals surface area contributed by atoms with Crippen molar-refractivity contribution >= 4 is 11.7 Å². The summed E-state index contributed by atoms with van der Waals surface area (Å²) in [6, 6.07) is 2.97. The molecule has 1 rings (SSSR count). The summed E-state index contributed by atoms with van der Waals surface area (Å²) in [4.78, 5) is 13.6. The third-order valence-corrected chi connectivity index (χ3v) is 1.05. The van der Waals surface area contributed by atoms with E-state index in [0.29, 0.717) is 0 Å². The van der Waals surface area contributed by atoms with E-state index in [9.17, 15) is 4.79 Å². The summed E-state index contributed by atoms with van der Waals surface area (Å²) in [7, 11) is 0. The summed E-state index contributed by atoms with van der Waals surface area (Å²) in [6.07, 6.45) is 0. The monoisotopic (exact) mass is 135 g/mol. The predicted molar refractivity (Wildman–Crippen MR) is 35.0 cm³/mol. The standard InChI is InChI=1S/C7H5NO2/c1-5(9)6-3-4-7(8-2)10-6/h3-4H,1H3. The van der Waals surface area contributed by atoms with Crippen LogP contribution in [0.4, 0.5) is 5.88 Å². The first-order valence-electron chi connectivity index (χ1n) is 2.72. The third kappa shape index (κ3) is 1.06. The van der Waals surface area contributed by atoms with Gasteiger partial charge in [0.15, 0.2) is 11.5 Å². The van der Waals surface area contributed by atoms with Crippen LogP contribution in [0.3, 0.4) is 0 Å². The van der Waals surface area contributed by atoms with Crippen molar-refractivity contribution < 1.29 is 9.21 Å². The van der Waals surface area contributed by atoms with Gasteiger partial charge in [-0.1, -0.05) is 0 Å². The third-order valence-electron chi connectivity index (χ3n) is 1.05. The Morgan fingerprint density at radius 3 is 2.70 bits per heavy atom. The van der Waals surface area contributed by atoms with Crippen molar-refractivity contribution in [3.8, 4) is 0 Å². The second-order valence-corrected chi connectivity index (χ2v) is 1.81. The number of Topliss-reactive ketones (excluding diaryl/α,β-unsaturated/α-hetero) is 1. The molecule has 0 aliphatic carbocycles. The molecule has 1 aromatic heterocycles. The fourth-order valence-corrected chi connectivity index (χ4v) is 0.577. The van der Waals surface area contributed by atoms with Crippen LogP contribution in [0, 0.1) is 6.57 Å². The topological polar surface area (TPSA) is 34.6 Å². The van der Waals surface area contributed by atoms with Gasteiger partial charge in [-0.25, -0.2) is 0 Å². The Kier molecular flexibility index (Phi) is 1.55. The highest BCUT2D eigenvalue weighted by Crippen LogP contribution is 2.15. The van der Waals surface area contributed by atoms with Gasteiger partial charge < -0.3 is 4.42 Å². The highest BCUT2D eigenvalue weighted by Gasteiger charge is 2.03. The van der Waals surface area contributed by atoms with Crippen LogP contribution in [0.25, 0.3) is 4.85 Å². The SMILES string of the molecule is [C-]#[N+]c1ccc(C(C)=O)o1. The van der Waals surface area contributed by atoms with Crippen molar-refractivity contribution in [2.75, 3.05) is 0 Å². The number of ketones is 1. The number of carbonyl (C=O) groups is 1. The molecular weight excluding hydrogens is 130 g/mol. The first-order chi connectivity index (χ1) is 4.74. The van der Waals surface area contributed by atoms with Gasteiger partial charge in [-0.05, 0) is 12.1 Å². The Labute approximate surface area is 58.1 Å². The molecule has 0 aromatic carbocycles. The van der Waals surface area contributed by atoms with Crippen LogP contribution in [0.1, 0.15) is 17.5 Å². The molecule has 1 aromatic rings. The quantitative estimate of drug-likeness (QED) is 0.436. The molecule has 50 valence electrons. The maximum Gasteiger partial charge on any atom is 0.346 e. The van der Waals surface area contributed by atoms with Crippen LogP contribution in [0.5, 0.6) is 0 Å². The van der Waals surface area contributed by atoms with Crippen molar-refractivity contribution in [3.63, 3.8) is 0 Å². The lowest BCUT2D eigenvalue weighted by Crippen LogP contribution is -1.85. The molecule has 1 heterocycles. The molecule has 0 saturated heterocycles. The van der Waals surface area contributed by atoms with Crippen molar-refractivity contribution in [2.24, 2.45) is 0 Å². The lowest BCUT2D eigenvalue weighted by Gasteiger charge is -1.83. The van der Waals surface area contributed by atoms with E-state index in [2.05, 4.69) is 4.85 Å². The van der Waals surface area contributed by atoms with Crippen molar-refractivity contribution in [3.05, 3.63) is 29.3 Å². The normalized spacial score (nSPS) is 8.80. The maximum atomic E-state index is 10.6. The Morgan fingerprint density at radius 2 is 2.40 bits per heavy atom. The predicted octanol–water partition coefficient (Wildman–Crippen LogP) is 2.03. The number of hydrogen-bond acceptors (Lipinski definition) is 2. The molecule has 3 nitrogen and oxygen atoms in total. The number of hydrogen-bond donors (Lipinski definition) is 0. The lowest BCUT2D eigenvalue weighted by atomic mass is 10.3. The zero-order chi connectivity index (χ0) is 7.56. The second kappa shape index (κ2) is 2.36. The van der Waals surface area contributed by atoms with E-state index < -0.39 is 0 Å². The average Bonchev–Trinajstić information content (AvgIpc) is 2.34. The first kappa shape index (κ1) is 6.56. The molecule has 3 heteroatoms. The summed E-state index contributed by atoms with van der Waals surface area (Å²) < 4.78 is 4.79. The van der Waals surface area contributed by atoms with E-state index in [1.165, 1.54) is 19.1 Å². The van der Waals surface area contributed by atoms with Crippen molar-refractivity contribution in [2.45, 2.75) is 6.92 Å². The van der Waals surface area contributed by atoms with Gasteiger partial charge in [-0.2, -0.15) is 4.85 Å². The summed E-state index contributed by atoms with van der Waals surface area (Å²) in [6.45, 7) is 7.91. The molecule has 0 N–H and O–H groups in total. The number of carbonyl (C=O) groups excluding carboxylic acids is 1. The van der Waals surface area contributed by atoms with Gasteiger partial charge in [0.25, 0.3) is 0 Å². The van der Waals surface area contributed by atoms with E-state index >= 15 is 0 Å². The smallest absolute Gasteiger partial charge is 0.346 e. The van der Waals surface area contributed by atoms with E-state index in [0.717, 1.165) is 0 Å². The molecule has 0 aliphatic rings. The molecule has 0 atom stereocenters. The molecule has 0 fully saturated rings. The Bertz CT molecular complexity index is 293. The molecule has 10 heavy (non-hydrogen) atoms. The Hall–Kier alpha value is -1.56. The van der Waals surface area contributed by atoms with E-state index in [-0.39, 0.29) is 17.4 Å². The van der Waals surface area contributed by atoms with E-state index in [4.69, 9.17) is 11.0 Å². The lowest BCUT2D eigenvalue weighted by molar-refractivity contribution is 0.0988. The first-order valence-corrected chi connectivity index (χ1v) is 2.72. The largest absolute Gasteiger partial charge is 0.477 e. The van der Waals surface area contributed by atoms with Gasteiger partial charge in [0.1, 0.15) is 0 Å². The molecule has 0 spiro atoms. The summed E-state index contributed by atoms with van der Waals surface area (Å²) in [5.41, 5.74) is 0. The second-order valence-electron chi connectivity index (χ2n) is 1.81. The van der Waals surface area contributed by atoms with E-state index in [1.54, 1.807) is 0 Å². The number of rotatable bonds is 1. The van der Waals surface area contributed by atoms with Crippen LogP contribution in [-0.2, 0) is 0 Å². The van der Waals surface area contributed by atoms with Gasteiger partial charge in [0.05, 0.1) is 6.57 Å². The molecular formula is C7H5NO2. The van der Waals surface area contributed by atoms with Crippen LogP contribution in [0.15, 0.2) is 16.5 Å². The maximum absolute atomic E-state index is 10.6. The zero-order valence-electron chi connectivity index (χ0n) is 5.42. The minimum Gasteiger partial charge on any atom is -0.477 e. The fraction of sp³-hybridized carbons (Fsp3) is 0.143. The molecule has 0 unspecified atom stereocenters. The van der Waals surface area contributed by atoms with Crippen LogP contribution in [0.2, 0.25) is 0 Å². The van der Waals surface area contributed by atoms with E-state index in [1.807, 2.05) is 0 Å². The Balaban J connectivity index is 3.02. The Morgan fingerprint density at radius 1 is 1.70 bits per heavy atom. The van der Waals surface area contributed by atoms with Crippen LogP contribution >= 0.6 is 0 Å². The van der Waals surface area contributed by atoms with Crippen LogP contribution in [-0.4, -0.2) is 5.78 Å². The molecule has 0 saturated carbocycles. The summed E-state index contributed by atoms with van der Waals surface area (Å²) >= 11 is 0. The van der Waals surface area contributed by atoms with Gasteiger partial charge >= 0.3 is 5.88 Å². The highest BCUT2D eigenvalue weighted by atomic mass is 16.4. The van der Waals surface area contributed by atoms with Gasteiger partial charge in [0, 0.05) is 6.92 Å². The minimum atomic E-state index is -0.157. The summed E-state index contributed by atoms with van der Waals surface area (Å²) in [5.74, 6) is 0.242. The number of nitrogens with zero attached hydrogens (tertiary/aromatic N) is 1. The molecule has 0 radical (unpaired) electrons. The highest BCUT2D eigenvalue weighted by molar-refractivity contribution is 5.91. The zero-order valence-corrected chi connectivity index (χ0v) is 5.42. The average molecular weight is 135 g/mol. The number of furan rings is 1. The summed E-state index contributed by atoms with van der Waals surface area (Å²) in [5, 5.41) is 0. The van der Waals surface area contributed by atoms with Crippen LogP contribution < -0.4 is 0 Å². The molecule has 0 bridgehead atoms. The van der Waals surface area contributed by atoms with Gasteiger partial charge in [-0.15, -0.1) is 0 Å². The molecule has 0 aliphatic heterocycles. The van der Waals surface area contributed by atoms with Crippen molar-refractivity contribution in [1.29, 1.82) is 0 Å². The van der Waals surface area contributed by atoms with Gasteiger partial charge in [0.2, 0.25) is 0 Å². The minimum absolute atomic E-state index is 0.157. The molecule has 0 amide bonds. The fourth-order valence-electron chi connectivity index (χ4n) is 0.577. The van der Waals surface area contributed by atoms with Gasteiger partial charge in [-0.3, -0.25) is 4.79 Å².